The quantitative estimate of drug-likeness (QED) is 0.441. The standard InChI is InChI=1S/C9H9ClN2O2/c1-5-4-6(10)2-3-7(5)8(12-14)9(11)13/h2-4,14H,1H3,(H2,11,13). The van der Waals surface area contributed by atoms with Crippen molar-refractivity contribution in [2.24, 2.45) is 10.9 Å². The number of nitrogens with zero attached hydrogens (tertiary/aromatic N) is 1. The molecule has 1 rings (SSSR count). The van der Waals surface area contributed by atoms with Crippen molar-refractivity contribution in [3.8, 4) is 0 Å². The lowest BCUT2D eigenvalue weighted by Crippen LogP contribution is -2.24. The lowest BCUT2D eigenvalue weighted by Gasteiger charge is -2.04. The molecule has 0 aliphatic carbocycles. The largest absolute Gasteiger partial charge is 0.410 e. The van der Waals surface area contributed by atoms with E-state index in [1.54, 1.807) is 25.1 Å². The van der Waals surface area contributed by atoms with Crippen LogP contribution >= 0.6 is 11.6 Å². The van der Waals surface area contributed by atoms with Crippen molar-refractivity contribution >= 4 is 23.2 Å². The number of primary amides is 1. The van der Waals surface area contributed by atoms with E-state index in [-0.39, 0.29) is 5.71 Å². The van der Waals surface area contributed by atoms with Crippen LogP contribution in [0.3, 0.4) is 0 Å². The first kappa shape index (κ1) is 10.5. The highest BCUT2D eigenvalue weighted by atomic mass is 35.5. The molecule has 0 aliphatic heterocycles. The van der Waals surface area contributed by atoms with Crippen molar-refractivity contribution in [1.29, 1.82) is 0 Å². The Labute approximate surface area is 86.0 Å². The third kappa shape index (κ3) is 2.03. The van der Waals surface area contributed by atoms with Gasteiger partial charge in [-0.1, -0.05) is 22.8 Å². The number of hydrogen-bond acceptors (Lipinski definition) is 3. The fourth-order valence-electron chi connectivity index (χ4n) is 1.13. The van der Waals surface area contributed by atoms with Gasteiger partial charge in [0.1, 0.15) is 0 Å². The molecular formula is C9H9ClN2O2. The Morgan fingerprint density at radius 3 is 2.64 bits per heavy atom. The van der Waals surface area contributed by atoms with Crippen LogP contribution in [0.5, 0.6) is 0 Å². The highest BCUT2D eigenvalue weighted by Crippen LogP contribution is 2.15. The SMILES string of the molecule is Cc1cc(Cl)ccc1C(=NO)C(N)=O. The zero-order valence-electron chi connectivity index (χ0n) is 7.49. The van der Waals surface area contributed by atoms with Gasteiger partial charge in [-0.15, -0.1) is 0 Å². The molecule has 0 fully saturated rings. The molecule has 3 N–H and O–H groups in total. The minimum absolute atomic E-state index is 0.167. The molecular weight excluding hydrogens is 204 g/mol. The lowest BCUT2D eigenvalue weighted by atomic mass is 10.0. The second-order valence-corrected chi connectivity index (χ2v) is 3.21. The number of amides is 1. The van der Waals surface area contributed by atoms with E-state index in [2.05, 4.69) is 5.16 Å². The van der Waals surface area contributed by atoms with Crippen LogP contribution in [0.2, 0.25) is 5.02 Å². The molecule has 0 spiro atoms. The maximum Gasteiger partial charge on any atom is 0.271 e. The minimum atomic E-state index is -0.780. The topological polar surface area (TPSA) is 75.7 Å². The summed E-state index contributed by atoms with van der Waals surface area (Å²) in [7, 11) is 0. The molecule has 4 nitrogen and oxygen atoms in total. The summed E-state index contributed by atoms with van der Waals surface area (Å²) in [5.74, 6) is -0.780. The molecule has 0 aromatic heterocycles. The van der Waals surface area contributed by atoms with Crippen LogP contribution in [-0.2, 0) is 4.79 Å². The molecule has 0 bridgehead atoms. The van der Waals surface area contributed by atoms with Crippen LogP contribution in [0.25, 0.3) is 0 Å². The number of aryl methyl sites for hydroxylation is 1. The molecule has 1 amide bonds. The second kappa shape index (κ2) is 4.11. The first-order valence-electron chi connectivity index (χ1n) is 3.84. The third-order valence-corrected chi connectivity index (χ3v) is 2.01. The van der Waals surface area contributed by atoms with Crippen LogP contribution in [0, 0.1) is 6.92 Å². The Kier molecular flexibility index (Phi) is 3.09. The summed E-state index contributed by atoms with van der Waals surface area (Å²) in [5, 5.41) is 12.0. The first-order valence-corrected chi connectivity index (χ1v) is 4.22. The van der Waals surface area contributed by atoms with E-state index in [0.29, 0.717) is 10.6 Å². The van der Waals surface area contributed by atoms with Crippen molar-refractivity contribution in [2.45, 2.75) is 6.92 Å². The van der Waals surface area contributed by atoms with Crippen molar-refractivity contribution < 1.29 is 10.0 Å². The summed E-state index contributed by atoms with van der Waals surface area (Å²) in [6.45, 7) is 1.75. The number of carbonyl (C=O) groups excluding carboxylic acids is 1. The summed E-state index contributed by atoms with van der Waals surface area (Å²) in [5.41, 5.74) is 6.06. The highest BCUT2D eigenvalue weighted by Gasteiger charge is 2.13. The Balaban J connectivity index is 3.25. The molecule has 0 saturated carbocycles. The van der Waals surface area contributed by atoms with Gasteiger partial charge in [0.15, 0.2) is 5.71 Å². The van der Waals surface area contributed by atoms with E-state index in [1.165, 1.54) is 0 Å². The number of benzene rings is 1. The van der Waals surface area contributed by atoms with Gasteiger partial charge in [0.2, 0.25) is 0 Å². The van der Waals surface area contributed by atoms with Crippen molar-refractivity contribution in [3.63, 3.8) is 0 Å². The van der Waals surface area contributed by atoms with E-state index in [4.69, 9.17) is 22.5 Å². The Morgan fingerprint density at radius 2 is 2.21 bits per heavy atom. The van der Waals surface area contributed by atoms with E-state index >= 15 is 0 Å². The fourth-order valence-corrected chi connectivity index (χ4v) is 1.36. The maximum absolute atomic E-state index is 10.9. The first-order chi connectivity index (χ1) is 6.56. The van der Waals surface area contributed by atoms with Gasteiger partial charge >= 0.3 is 0 Å². The minimum Gasteiger partial charge on any atom is -0.410 e. The normalized spacial score (nSPS) is 11.4. The third-order valence-electron chi connectivity index (χ3n) is 1.78. The van der Waals surface area contributed by atoms with E-state index < -0.39 is 5.91 Å². The Bertz CT molecular complexity index is 402. The number of halogens is 1. The van der Waals surface area contributed by atoms with Crippen LogP contribution < -0.4 is 5.73 Å². The van der Waals surface area contributed by atoms with Crippen LogP contribution in [0.4, 0.5) is 0 Å². The van der Waals surface area contributed by atoms with Crippen molar-refractivity contribution in [2.75, 3.05) is 0 Å². The zero-order chi connectivity index (χ0) is 10.7. The molecule has 0 heterocycles. The number of carbonyl (C=O) groups is 1. The number of oxime groups is 1. The summed E-state index contributed by atoms with van der Waals surface area (Å²) < 4.78 is 0. The van der Waals surface area contributed by atoms with Gasteiger partial charge < -0.3 is 10.9 Å². The van der Waals surface area contributed by atoms with Crippen molar-refractivity contribution in [1.82, 2.24) is 0 Å². The monoisotopic (exact) mass is 212 g/mol. The van der Waals surface area contributed by atoms with Gasteiger partial charge in [0.25, 0.3) is 5.91 Å². The van der Waals surface area contributed by atoms with Gasteiger partial charge in [0.05, 0.1) is 0 Å². The summed E-state index contributed by atoms with van der Waals surface area (Å²) in [6.07, 6.45) is 0. The van der Waals surface area contributed by atoms with E-state index in [0.717, 1.165) is 5.56 Å². The maximum atomic E-state index is 10.9. The molecule has 74 valence electrons. The Morgan fingerprint density at radius 1 is 1.57 bits per heavy atom. The van der Waals surface area contributed by atoms with Gasteiger partial charge in [-0.2, -0.15) is 0 Å². The summed E-state index contributed by atoms with van der Waals surface area (Å²) in [6, 6.07) is 4.83. The lowest BCUT2D eigenvalue weighted by molar-refractivity contribution is -0.112. The molecule has 0 atom stereocenters. The fraction of sp³-hybridized carbons (Fsp3) is 0.111. The molecule has 5 heteroatoms. The van der Waals surface area contributed by atoms with Gasteiger partial charge in [-0.25, -0.2) is 0 Å². The predicted octanol–water partition coefficient (Wildman–Crippen LogP) is 1.31. The van der Waals surface area contributed by atoms with E-state index in [9.17, 15) is 4.79 Å². The number of rotatable bonds is 2. The molecule has 0 saturated heterocycles. The summed E-state index contributed by atoms with van der Waals surface area (Å²) >= 11 is 5.73. The highest BCUT2D eigenvalue weighted by molar-refractivity contribution is 6.45. The molecule has 1 aromatic rings. The number of hydrogen-bond donors (Lipinski definition) is 2. The average molecular weight is 213 g/mol. The van der Waals surface area contributed by atoms with Crippen LogP contribution in [-0.4, -0.2) is 16.8 Å². The smallest absolute Gasteiger partial charge is 0.271 e. The zero-order valence-corrected chi connectivity index (χ0v) is 8.25. The van der Waals surface area contributed by atoms with Gasteiger partial charge in [0, 0.05) is 10.6 Å². The van der Waals surface area contributed by atoms with E-state index in [1.807, 2.05) is 0 Å². The molecule has 1 aromatic carbocycles. The molecule has 0 unspecified atom stereocenters. The van der Waals surface area contributed by atoms with Gasteiger partial charge in [-0.05, 0) is 24.6 Å². The van der Waals surface area contributed by atoms with Crippen molar-refractivity contribution in [3.05, 3.63) is 34.3 Å². The molecule has 0 radical (unpaired) electrons. The van der Waals surface area contributed by atoms with Gasteiger partial charge in [-0.3, -0.25) is 4.79 Å². The Hall–Kier alpha value is -1.55. The summed E-state index contributed by atoms with van der Waals surface area (Å²) in [4.78, 5) is 10.9. The predicted molar refractivity (Wildman–Crippen MR) is 53.7 cm³/mol. The molecule has 0 aliphatic rings. The van der Waals surface area contributed by atoms with Crippen LogP contribution in [0.15, 0.2) is 23.4 Å². The van der Waals surface area contributed by atoms with Crippen LogP contribution in [0.1, 0.15) is 11.1 Å². The second-order valence-electron chi connectivity index (χ2n) is 2.77. The number of nitrogens with two attached hydrogens (primary N) is 1. The average Bonchev–Trinajstić information content (AvgIpc) is 2.09. The molecule has 14 heavy (non-hydrogen) atoms.